The van der Waals surface area contributed by atoms with E-state index in [1.54, 1.807) is 12.4 Å². The van der Waals surface area contributed by atoms with E-state index in [0.29, 0.717) is 18.5 Å². The van der Waals surface area contributed by atoms with Crippen LogP contribution in [-0.4, -0.2) is 48.2 Å². The normalized spacial score (nSPS) is 21.2. The van der Waals surface area contributed by atoms with E-state index < -0.39 is 0 Å². The Labute approximate surface area is 102 Å². The van der Waals surface area contributed by atoms with Crippen LogP contribution >= 0.6 is 0 Å². The summed E-state index contributed by atoms with van der Waals surface area (Å²) in [4.78, 5) is 10.7. The van der Waals surface area contributed by atoms with Gasteiger partial charge in [0.25, 0.3) is 0 Å². The van der Waals surface area contributed by atoms with Gasteiger partial charge in [0.1, 0.15) is 12.4 Å². The number of aromatic nitrogens is 2. The first kappa shape index (κ1) is 12.1. The second kappa shape index (κ2) is 5.82. The fourth-order valence-corrected chi connectivity index (χ4v) is 2.07. The maximum atomic E-state index is 5.70. The Morgan fingerprint density at radius 1 is 1.47 bits per heavy atom. The highest BCUT2D eigenvalue weighted by Gasteiger charge is 2.19. The fraction of sp³-hybridized carbons (Fsp3) is 0.667. The van der Waals surface area contributed by atoms with Crippen molar-refractivity contribution >= 4 is 5.82 Å². The van der Waals surface area contributed by atoms with Gasteiger partial charge in [0.05, 0.1) is 12.4 Å². The van der Waals surface area contributed by atoms with Gasteiger partial charge in [-0.25, -0.2) is 0 Å². The van der Waals surface area contributed by atoms with Crippen LogP contribution in [0.2, 0.25) is 0 Å². The van der Waals surface area contributed by atoms with Gasteiger partial charge in [-0.2, -0.15) is 4.98 Å². The number of likely N-dealkylation sites (N-methyl/N-ethyl adjacent to an activating group) is 1. The molecule has 0 aromatic carbocycles. The molecule has 0 amide bonds. The minimum atomic E-state index is 0.504. The van der Waals surface area contributed by atoms with Gasteiger partial charge in [0.2, 0.25) is 5.88 Å². The molecule has 1 N–H and O–H groups in total. The smallest absolute Gasteiger partial charge is 0.234 e. The van der Waals surface area contributed by atoms with E-state index in [1.807, 2.05) is 7.05 Å². The lowest BCUT2D eigenvalue weighted by molar-refractivity contribution is 0.122. The summed E-state index contributed by atoms with van der Waals surface area (Å²) in [5, 5.41) is 2.95. The number of likely N-dealkylation sites (tertiary alicyclic amines) is 1. The topological polar surface area (TPSA) is 50.3 Å². The first-order chi connectivity index (χ1) is 8.29. The standard InChI is InChI=1S/C12H20N4O/c1-13-11-7-14-8-12(15-11)17-9-10-5-3-4-6-16(10)2/h7-8,10H,3-6,9H2,1-2H3,(H,13,15). The van der Waals surface area contributed by atoms with Gasteiger partial charge >= 0.3 is 0 Å². The highest BCUT2D eigenvalue weighted by atomic mass is 16.5. The maximum Gasteiger partial charge on any atom is 0.234 e. The van der Waals surface area contributed by atoms with E-state index >= 15 is 0 Å². The molecule has 0 spiro atoms. The zero-order valence-corrected chi connectivity index (χ0v) is 10.5. The summed E-state index contributed by atoms with van der Waals surface area (Å²) >= 11 is 0. The lowest BCUT2D eigenvalue weighted by Gasteiger charge is -2.31. The number of ether oxygens (including phenoxy) is 1. The first-order valence-corrected chi connectivity index (χ1v) is 6.12. The molecule has 0 radical (unpaired) electrons. The summed E-state index contributed by atoms with van der Waals surface area (Å²) in [7, 11) is 3.98. The molecular formula is C12H20N4O. The quantitative estimate of drug-likeness (QED) is 0.856. The van der Waals surface area contributed by atoms with Crippen molar-refractivity contribution in [3.63, 3.8) is 0 Å². The molecule has 5 nitrogen and oxygen atoms in total. The molecule has 1 aromatic heterocycles. The van der Waals surface area contributed by atoms with Gasteiger partial charge in [-0.3, -0.25) is 4.98 Å². The van der Waals surface area contributed by atoms with Gasteiger partial charge in [0.15, 0.2) is 0 Å². The number of hydrogen-bond donors (Lipinski definition) is 1. The van der Waals surface area contributed by atoms with Crippen molar-refractivity contribution in [3.05, 3.63) is 12.4 Å². The summed E-state index contributed by atoms with van der Waals surface area (Å²) in [6.45, 7) is 1.86. The molecule has 1 unspecified atom stereocenters. The summed E-state index contributed by atoms with van der Waals surface area (Å²) < 4.78 is 5.70. The monoisotopic (exact) mass is 236 g/mol. The van der Waals surface area contributed by atoms with Gasteiger partial charge in [-0.1, -0.05) is 6.42 Å². The number of anilines is 1. The predicted octanol–water partition coefficient (Wildman–Crippen LogP) is 1.38. The van der Waals surface area contributed by atoms with Gasteiger partial charge in [-0.15, -0.1) is 0 Å². The summed E-state index contributed by atoms with van der Waals surface area (Å²) in [6.07, 6.45) is 7.13. The Morgan fingerprint density at radius 3 is 3.12 bits per heavy atom. The highest BCUT2D eigenvalue weighted by Crippen LogP contribution is 2.16. The van der Waals surface area contributed by atoms with Crippen LogP contribution in [-0.2, 0) is 0 Å². The molecule has 0 saturated carbocycles. The number of rotatable bonds is 4. The molecule has 1 saturated heterocycles. The van der Waals surface area contributed by atoms with Crippen molar-refractivity contribution in [2.45, 2.75) is 25.3 Å². The van der Waals surface area contributed by atoms with Crippen LogP contribution in [0.25, 0.3) is 0 Å². The van der Waals surface area contributed by atoms with Gasteiger partial charge < -0.3 is 15.0 Å². The summed E-state index contributed by atoms with van der Waals surface area (Å²) in [5.74, 6) is 1.33. The molecule has 1 aliphatic rings. The van der Waals surface area contributed by atoms with Crippen LogP contribution in [0, 0.1) is 0 Å². The molecule has 1 atom stereocenters. The number of nitrogens with one attached hydrogen (secondary N) is 1. The fourth-order valence-electron chi connectivity index (χ4n) is 2.07. The van der Waals surface area contributed by atoms with Crippen LogP contribution in [0.3, 0.4) is 0 Å². The molecule has 1 fully saturated rings. The van der Waals surface area contributed by atoms with E-state index in [0.717, 1.165) is 12.4 Å². The van der Waals surface area contributed by atoms with Crippen molar-refractivity contribution in [2.75, 3.05) is 32.6 Å². The summed E-state index contributed by atoms with van der Waals surface area (Å²) in [5.41, 5.74) is 0. The van der Waals surface area contributed by atoms with Gasteiger partial charge in [-0.05, 0) is 26.4 Å². The van der Waals surface area contributed by atoms with E-state index in [9.17, 15) is 0 Å². The molecule has 0 aliphatic carbocycles. The Bertz CT molecular complexity index is 358. The third kappa shape index (κ3) is 3.30. The highest BCUT2D eigenvalue weighted by molar-refractivity contribution is 5.31. The molecule has 94 valence electrons. The zero-order valence-electron chi connectivity index (χ0n) is 10.5. The van der Waals surface area contributed by atoms with Crippen LogP contribution in [0.4, 0.5) is 5.82 Å². The maximum absolute atomic E-state index is 5.70. The van der Waals surface area contributed by atoms with Gasteiger partial charge in [0, 0.05) is 13.1 Å². The molecule has 17 heavy (non-hydrogen) atoms. The SMILES string of the molecule is CNc1cncc(OCC2CCCCN2C)n1. The van der Waals surface area contributed by atoms with Crippen molar-refractivity contribution in [2.24, 2.45) is 0 Å². The lowest BCUT2D eigenvalue weighted by Crippen LogP contribution is -2.40. The molecule has 5 heteroatoms. The van der Waals surface area contributed by atoms with Crippen molar-refractivity contribution in [3.8, 4) is 5.88 Å². The average molecular weight is 236 g/mol. The molecular weight excluding hydrogens is 216 g/mol. The van der Waals surface area contributed by atoms with Crippen LogP contribution in [0.15, 0.2) is 12.4 Å². The third-order valence-electron chi connectivity index (χ3n) is 3.21. The van der Waals surface area contributed by atoms with E-state index in [4.69, 9.17) is 4.74 Å². The summed E-state index contributed by atoms with van der Waals surface area (Å²) in [6, 6.07) is 0.504. The number of hydrogen-bond acceptors (Lipinski definition) is 5. The second-order valence-corrected chi connectivity index (χ2v) is 4.43. The molecule has 1 aliphatic heterocycles. The number of piperidine rings is 1. The molecule has 1 aromatic rings. The second-order valence-electron chi connectivity index (χ2n) is 4.43. The van der Waals surface area contributed by atoms with Crippen molar-refractivity contribution < 1.29 is 4.74 Å². The molecule has 2 rings (SSSR count). The lowest BCUT2D eigenvalue weighted by atomic mass is 10.0. The molecule has 2 heterocycles. The minimum absolute atomic E-state index is 0.504. The Hall–Kier alpha value is -1.36. The average Bonchev–Trinajstić information content (AvgIpc) is 2.38. The third-order valence-corrected chi connectivity index (χ3v) is 3.21. The first-order valence-electron chi connectivity index (χ1n) is 6.12. The Kier molecular flexibility index (Phi) is 4.14. The van der Waals surface area contributed by atoms with E-state index in [1.165, 1.54) is 19.3 Å². The van der Waals surface area contributed by atoms with E-state index in [2.05, 4.69) is 27.2 Å². The minimum Gasteiger partial charge on any atom is -0.475 e. The largest absolute Gasteiger partial charge is 0.475 e. The van der Waals surface area contributed by atoms with Crippen LogP contribution in [0.1, 0.15) is 19.3 Å². The van der Waals surface area contributed by atoms with Crippen LogP contribution < -0.4 is 10.1 Å². The predicted molar refractivity (Wildman–Crippen MR) is 67.3 cm³/mol. The van der Waals surface area contributed by atoms with Crippen LogP contribution in [0.5, 0.6) is 5.88 Å². The molecule has 0 bridgehead atoms. The Balaban J connectivity index is 1.88. The Morgan fingerprint density at radius 2 is 2.35 bits per heavy atom. The number of nitrogens with zero attached hydrogens (tertiary/aromatic N) is 3. The zero-order chi connectivity index (χ0) is 12.1. The van der Waals surface area contributed by atoms with Crippen molar-refractivity contribution in [1.82, 2.24) is 14.9 Å². The van der Waals surface area contributed by atoms with E-state index in [-0.39, 0.29) is 0 Å². The van der Waals surface area contributed by atoms with Crippen molar-refractivity contribution in [1.29, 1.82) is 0 Å².